The molecule has 1 unspecified atom stereocenters. The van der Waals surface area contributed by atoms with Gasteiger partial charge in [-0.2, -0.15) is 5.10 Å². The van der Waals surface area contributed by atoms with Gasteiger partial charge < -0.3 is 15.0 Å². The minimum absolute atomic E-state index is 0.0696. The van der Waals surface area contributed by atoms with Gasteiger partial charge in [0.15, 0.2) is 0 Å². The summed E-state index contributed by atoms with van der Waals surface area (Å²) in [6.07, 6.45) is 0.0696. The number of nitrogens with one attached hydrogen (secondary N) is 1. The summed E-state index contributed by atoms with van der Waals surface area (Å²) in [6, 6.07) is 29.0. The van der Waals surface area contributed by atoms with Gasteiger partial charge in [0.2, 0.25) is 5.91 Å². The van der Waals surface area contributed by atoms with E-state index in [1.165, 1.54) is 0 Å². The molecule has 0 spiro atoms. The molecule has 7 heteroatoms. The monoisotopic (exact) mass is 508 g/mol. The van der Waals surface area contributed by atoms with Crippen molar-refractivity contribution in [2.45, 2.75) is 52.0 Å². The molecule has 4 aromatic rings. The number of nitrogens with zero attached hydrogens (tertiary/aromatic N) is 3. The second kappa shape index (κ2) is 10.5. The standard InChI is InChI=1S/C31H32N4O3/c1-22(2)38-26-16-14-24(15-17-26)20-34-29(36)28-18-27(25-12-8-5-9-13-25)33-35(28)21-31(34,3)30(37)32-19-23-10-6-4-7-11-23/h4-18,22H,19-21H2,1-3H3,(H,32,37). The fourth-order valence-corrected chi connectivity index (χ4v) is 4.74. The van der Waals surface area contributed by atoms with Gasteiger partial charge in [-0.25, -0.2) is 0 Å². The summed E-state index contributed by atoms with van der Waals surface area (Å²) in [5, 5.41) is 7.77. The van der Waals surface area contributed by atoms with Crippen molar-refractivity contribution >= 4 is 11.8 Å². The van der Waals surface area contributed by atoms with Crippen molar-refractivity contribution in [1.82, 2.24) is 20.0 Å². The summed E-state index contributed by atoms with van der Waals surface area (Å²) >= 11 is 0. The first-order chi connectivity index (χ1) is 18.3. The normalized spacial score (nSPS) is 16.8. The van der Waals surface area contributed by atoms with Crippen LogP contribution in [0.5, 0.6) is 5.75 Å². The van der Waals surface area contributed by atoms with Crippen LogP contribution in [0.4, 0.5) is 0 Å². The van der Waals surface area contributed by atoms with Crippen molar-refractivity contribution in [1.29, 1.82) is 0 Å². The number of aromatic nitrogens is 2. The Bertz CT molecular complexity index is 1410. The molecule has 1 aliphatic rings. The quantitative estimate of drug-likeness (QED) is 0.361. The Morgan fingerprint density at radius 3 is 2.29 bits per heavy atom. The van der Waals surface area contributed by atoms with Gasteiger partial charge in [0.25, 0.3) is 5.91 Å². The Kier molecular flexibility index (Phi) is 7.01. The van der Waals surface area contributed by atoms with Gasteiger partial charge in [-0.1, -0.05) is 72.8 Å². The molecule has 0 bridgehead atoms. The Hall–Kier alpha value is -4.39. The van der Waals surface area contributed by atoms with E-state index >= 15 is 0 Å². The number of amides is 2. The van der Waals surface area contributed by atoms with E-state index in [1.807, 2.05) is 112 Å². The fourth-order valence-electron chi connectivity index (χ4n) is 4.74. The molecule has 1 atom stereocenters. The van der Waals surface area contributed by atoms with Crippen molar-refractivity contribution in [3.05, 3.63) is 108 Å². The Morgan fingerprint density at radius 2 is 1.63 bits per heavy atom. The molecule has 0 fully saturated rings. The molecule has 2 amide bonds. The maximum Gasteiger partial charge on any atom is 0.273 e. The molecule has 194 valence electrons. The lowest BCUT2D eigenvalue weighted by molar-refractivity contribution is -0.133. The van der Waals surface area contributed by atoms with E-state index in [0.717, 1.165) is 22.4 Å². The third kappa shape index (κ3) is 5.18. The van der Waals surface area contributed by atoms with Gasteiger partial charge in [0.1, 0.15) is 17.0 Å². The molecular weight excluding hydrogens is 476 g/mol. The van der Waals surface area contributed by atoms with E-state index in [0.29, 0.717) is 17.9 Å². The molecule has 3 aromatic carbocycles. The molecule has 1 aliphatic heterocycles. The predicted octanol–water partition coefficient (Wildman–Crippen LogP) is 5.07. The maximum absolute atomic E-state index is 13.9. The Balaban J connectivity index is 1.46. The van der Waals surface area contributed by atoms with Crippen LogP contribution < -0.4 is 10.1 Å². The highest BCUT2D eigenvalue weighted by Gasteiger charge is 2.48. The first-order valence-corrected chi connectivity index (χ1v) is 12.9. The molecule has 0 saturated heterocycles. The summed E-state index contributed by atoms with van der Waals surface area (Å²) in [4.78, 5) is 29.3. The number of hydrogen-bond acceptors (Lipinski definition) is 4. The van der Waals surface area contributed by atoms with Crippen LogP contribution in [-0.2, 0) is 24.4 Å². The SMILES string of the molecule is CC(C)Oc1ccc(CN2C(=O)c3cc(-c4ccccc4)nn3CC2(C)C(=O)NCc2ccccc2)cc1. The van der Waals surface area contributed by atoms with Crippen molar-refractivity contribution in [3.63, 3.8) is 0 Å². The summed E-state index contributed by atoms with van der Waals surface area (Å²) in [7, 11) is 0. The van der Waals surface area contributed by atoms with E-state index < -0.39 is 5.54 Å². The summed E-state index contributed by atoms with van der Waals surface area (Å²) < 4.78 is 7.44. The van der Waals surface area contributed by atoms with E-state index in [4.69, 9.17) is 9.84 Å². The maximum atomic E-state index is 13.9. The molecule has 0 saturated carbocycles. The average molecular weight is 509 g/mol. The number of benzene rings is 3. The van der Waals surface area contributed by atoms with Crippen LogP contribution in [0.2, 0.25) is 0 Å². The smallest absolute Gasteiger partial charge is 0.273 e. The summed E-state index contributed by atoms with van der Waals surface area (Å²) in [5.74, 6) is 0.311. The number of hydrogen-bond donors (Lipinski definition) is 1. The second-order valence-electron chi connectivity index (χ2n) is 10.1. The van der Waals surface area contributed by atoms with Crippen LogP contribution in [0.1, 0.15) is 42.4 Å². The average Bonchev–Trinajstić information content (AvgIpc) is 3.35. The van der Waals surface area contributed by atoms with Crippen LogP contribution in [0.15, 0.2) is 91.0 Å². The van der Waals surface area contributed by atoms with Gasteiger partial charge in [0.05, 0.1) is 18.3 Å². The lowest BCUT2D eigenvalue weighted by Crippen LogP contribution is -2.63. The first kappa shape index (κ1) is 25.3. The molecule has 0 aliphatic carbocycles. The van der Waals surface area contributed by atoms with E-state index in [1.54, 1.807) is 9.58 Å². The molecule has 1 aromatic heterocycles. The zero-order chi connectivity index (χ0) is 26.7. The van der Waals surface area contributed by atoms with Crippen LogP contribution in [-0.4, -0.2) is 38.1 Å². The highest BCUT2D eigenvalue weighted by molar-refractivity contribution is 6.00. The zero-order valence-electron chi connectivity index (χ0n) is 21.9. The van der Waals surface area contributed by atoms with E-state index in [-0.39, 0.29) is 31.0 Å². The fraction of sp³-hybridized carbons (Fsp3) is 0.258. The molecule has 0 radical (unpaired) electrons. The highest BCUT2D eigenvalue weighted by atomic mass is 16.5. The van der Waals surface area contributed by atoms with Crippen LogP contribution in [0.25, 0.3) is 11.3 Å². The minimum Gasteiger partial charge on any atom is -0.491 e. The number of carbonyl (C=O) groups excluding carboxylic acids is 2. The molecule has 1 N–H and O–H groups in total. The molecule has 7 nitrogen and oxygen atoms in total. The number of ether oxygens (including phenoxy) is 1. The first-order valence-electron chi connectivity index (χ1n) is 12.9. The third-order valence-corrected chi connectivity index (χ3v) is 6.79. The third-order valence-electron chi connectivity index (χ3n) is 6.79. The van der Waals surface area contributed by atoms with E-state index in [2.05, 4.69) is 5.32 Å². The lowest BCUT2D eigenvalue weighted by atomic mass is 9.94. The molecule has 2 heterocycles. The predicted molar refractivity (Wildman–Crippen MR) is 146 cm³/mol. The number of fused-ring (bicyclic) bond motifs is 1. The van der Waals surface area contributed by atoms with Crippen LogP contribution in [0, 0.1) is 0 Å². The van der Waals surface area contributed by atoms with Gasteiger partial charge in [-0.05, 0) is 50.1 Å². The number of carbonyl (C=O) groups is 2. The minimum atomic E-state index is -1.15. The van der Waals surface area contributed by atoms with Gasteiger partial charge in [-0.3, -0.25) is 14.3 Å². The van der Waals surface area contributed by atoms with Gasteiger partial charge in [0, 0.05) is 18.7 Å². The zero-order valence-corrected chi connectivity index (χ0v) is 21.9. The Labute approximate surface area is 223 Å². The largest absolute Gasteiger partial charge is 0.491 e. The van der Waals surface area contributed by atoms with Gasteiger partial charge in [-0.15, -0.1) is 0 Å². The summed E-state index contributed by atoms with van der Waals surface area (Å²) in [5.41, 5.74) is 2.85. The van der Waals surface area contributed by atoms with Crippen molar-refractivity contribution in [2.24, 2.45) is 0 Å². The van der Waals surface area contributed by atoms with Crippen LogP contribution >= 0.6 is 0 Å². The van der Waals surface area contributed by atoms with Crippen molar-refractivity contribution < 1.29 is 14.3 Å². The van der Waals surface area contributed by atoms with E-state index in [9.17, 15) is 9.59 Å². The van der Waals surface area contributed by atoms with Gasteiger partial charge >= 0.3 is 0 Å². The van der Waals surface area contributed by atoms with Crippen molar-refractivity contribution in [2.75, 3.05) is 0 Å². The molecule has 38 heavy (non-hydrogen) atoms. The highest BCUT2D eigenvalue weighted by Crippen LogP contribution is 2.32. The topological polar surface area (TPSA) is 76.5 Å². The van der Waals surface area contributed by atoms with Crippen molar-refractivity contribution in [3.8, 4) is 17.0 Å². The lowest BCUT2D eigenvalue weighted by Gasteiger charge is -2.43. The molecular formula is C31H32N4O3. The molecule has 5 rings (SSSR count). The number of rotatable bonds is 8. The Morgan fingerprint density at radius 1 is 0.974 bits per heavy atom. The summed E-state index contributed by atoms with van der Waals surface area (Å²) in [6.45, 7) is 6.67. The second-order valence-corrected chi connectivity index (χ2v) is 10.1. The van der Waals surface area contributed by atoms with Crippen LogP contribution in [0.3, 0.4) is 0 Å².